The van der Waals surface area contributed by atoms with Crippen LogP contribution in [0.2, 0.25) is 0 Å². The fraction of sp³-hybridized carbons (Fsp3) is 0.294. The first-order valence-corrected chi connectivity index (χ1v) is 6.80. The van der Waals surface area contributed by atoms with E-state index in [1.54, 1.807) is 7.11 Å². The van der Waals surface area contributed by atoms with Gasteiger partial charge in [-0.2, -0.15) is 0 Å². The van der Waals surface area contributed by atoms with Crippen LogP contribution in [0.5, 0.6) is 11.5 Å². The van der Waals surface area contributed by atoms with Crippen molar-refractivity contribution in [1.29, 1.82) is 0 Å². The topological polar surface area (TPSA) is 31.0 Å². The van der Waals surface area contributed by atoms with E-state index in [0.717, 1.165) is 30.1 Å². The molecule has 1 fully saturated rings. The van der Waals surface area contributed by atoms with E-state index >= 15 is 0 Å². The van der Waals surface area contributed by atoms with Gasteiger partial charge >= 0.3 is 0 Å². The largest absolute Gasteiger partial charge is 0.497 e. The van der Waals surface area contributed by atoms with Gasteiger partial charge < -0.3 is 14.2 Å². The molecule has 0 bridgehead atoms. The predicted molar refractivity (Wildman–Crippen MR) is 77.5 cm³/mol. The van der Waals surface area contributed by atoms with Crippen LogP contribution in [0.3, 0.4) is 0 Å². The average molecular weight is 270 g/mol. The lowest BCUT2D eigenvalue weighted by Crippen LogP contribution is -2.06. The highest BCUT2D eigenvalue weighted by Gasteiger charge is 2.23. The highest BCUT2D eigenvalue weighted by Crippen LogP contribution is 2.27. The molecular formula is C17H18O3. The molecule has 1 heterocycles. The van der Waals surface area contributed by atoms with Crippen molar-refractivity contribution in [1.82, 2.24) is 0 Å². The van der Waals surface area contributed by atoms with Gasteiger partial charge in [-0.05, 0) is 23.8 Å². The normalized spacial score (nSPS) is 16.8. The molecule has 0 radical (unpaired) electrons. The molecule has 1 saturated heterocycles. The molecular weight excluding hydrogens is 252 g/mol. The maximum absolute atomic E-state index is 5.85. The minimum atomic E-state index is 0.265. The zero-order valence-electron chi connectivity index (χ0n) is 11.5. The highest BCUT2D eigenvalue weighted by atomic mass is 16.6. The second-order valence-corrected chi connectivity index (χ2v) is 4.90. The first-order chi connectivity index (χ1) is 9.85. The fourth-order valence-electron chi connectivity index (χ4n) is 2.12. The van der Waals surface area contributed by atoms with Gasteiger partial charge in [0.15, 0.2) is 0 Å². The van der Waals surface area contributed by atoms with Crippen LogP contribution in [0.15, 0.2) is 48.5 Å². The molecule has 0 aromatic heterocycles. The van der Waals surface area contributed by atoms with Crippen molar-refractivity contribution in [2.24, 2.45) is 0 Å². The maximum Gasteiger partial charge on any atom is 0.123 e. The quantitative estimate of drug-likeness (QED) is 0.756. The lowest BCUT2D eigenvalue weighted by molar-refractivity contribution is 0.261. The van der Waals surface area contributed by atoms with Gasteiger partial charge in [-0.1, -0.05) is 30.3 Å². The van der Waals surface area contributed by atoms with Crippen LogP contribution in [0.4, 0.5) is 0 Å². The van der Waals surface area contributed by atoms with Crippen molar-refractivity contribution >= 4 is 0 Å². The summed E-state index contributed by atoms with van der Waals surface area (Å²) in [6, 6.07) is 16.3. The molecule has 3 nitrogen and oxygen atoms in total. The third-order valence-electron chi connectivity index (χ3n) is 3.33. The number of hydrogen-bond donors (Lipinski definition) is 0. The molecule has 0 saturated carbocycles. The third-order valence-corrected chi connectivity index (χ3v) is 3.33. The van der Waals surface area contributed by atoms with Gasteiger partial charge in [0.2, 0.25) is 0 Å². The average Bonchev–Trinajstić information content (AvgIpc) is 3.31. The summed E-state index contributed by atoms with van der Waals surface area (Å²) in [6.45, 7) is 1.43. The van der Waals surface area contributed by atoms with Crippen LogP contribution in [-0.4, -0.2) is 26.4 Å². The highest BCUT2D eigenvalue weighted by molar-refractivity contribution is 5.43. The molecule has 1 unspecified atom stereocenters. The van der Waals surface area contributed by atoms with Crippen molar-refractivity contribution in [3.05, 3.63) is 59.7 Å². The van der Waals surface area contributed by atoms with Crippen LogP contribution in [0.1, 0.15) is 11.1 Å². The SMILES string of the molecule is COc1ccc(OCC2CO2)c(Cc2ccccc2)c1. The van der Waals surface area contributed by atoms with Crippen molar-refractivity contribution < 1.29 is 14.2 Å². The molecule has 0 aliphatic carbocycles. The lowest BCUT2D eigenvalue weighted by Gasteiger charge is -2.12. The van der Waals surface area contributed by atoms with Crippen molar-refractivity contribution in [3.63, 3.8) is 0 Å². The van der Waals surface area contributed by atoms with E-state index in [9.17, 15) is 0 Å². The van der Waals surface area contributed by atoms with Crippen LogP contribution in [-0.2, 0) is 11.2 Å². The lowest BCUT2D eigenvalue weighted by atomic mass is 10.0. The molecule has 1 aliphatic rings. The molecule has 2 aromatic carbocycles. The van der Waals surface area contributed by atoms with Crippen LogP contribution in [0.25, 0.3) is 0 Å². The van der Waals surface area contributed by atoms with E-state index in [1.165, 1.54) is 5.56 Å². The van der Waals surface area contributed by atoms with E-state index < -0.39 is 0 Å². The Morgan fingerprint density at radius 3 is 2.65 bits per heavy atom. The zero-order valence-corrected chi connectivity index (χ0v) is 11.5. The standard InChI is InChI=1S/C17H18O3/c1-18-15-7-8-17(20-12-16-11-19-16)14(10-15)9-13-5-3-2-4-6-13/h2-8,10,16H,9,11-12H2,1H3. The molecule has 20 heavy (non-hydrogen) atoms. The summed E-state index contributed by atoms with van der Waals surface area (Å²) < 4.78 is 16.3. The van der Waals surface area contributed by atoms with Crippen molar-refractivity contribution in [2.45, 2.75) is 12.5 Å². The number of methoxy groups -OCH3 is 1. The van der Waals surface area contributed by atoms with Crippen LogP contribution >= 0.6 is 0 Å². The summed E-state index contributed by atoms with van der Waals surface area (Å²) in [7, 11) is 1.68. The fourth-order valence-corrected chi connectivity index (χ4v) is 2.12. The van der Waals surface area contributed by atoms with E-state index in [2.05, 4.69) is 12.1 Å². The van der Waals surface area contributed by atoms with Gasteiger partial charge in [0, 0.05) is 12.0 Å². The number of benzene rings is 2. The van der Waals surface area contributed by atoms with Crippen molar-refractivity contribution in [2.75, 3.05) is 20.3 Å². The second-order valence-electron chi connectivity index (χ2n) is 4.90. The summed E-state index contributed by atoms with van der Waals surface area (Å²) in [5.41, 5.74) is 2.39. The van der Waals surface area contributed by atoms with Gasteiger partial charge in [-0.25, -0.2) is 0 Å². The predicted octanol–water partition coefficient (Wildman–Crippen LogP) is 3.06. The summed E-state index contributed by atoms with van der Waals surface area (Å²) >= 11 is 0. The number of epoxide rings is 1. The number of hydrogen-bond acceptors (Lipinski definition) is 3. The molecule has 1 aliphatic heterocycles. The van der Waals surface area contributed by atoms with Gasteiger partial charge in [-0.15, -0.1) is 0 Å². The molecule has 2 aromatic rings. The second kappa shape index (κ2) is 5.97. The Morgan fingerprint density at radius 2 is 1.95 bits per heavy atom. The number of rotatable bonds is 6. The monoisotopic (exact) mass is 270 g/mol. The molecule has 1 atom stereocenters. The Morgan fingerprint density at radius 1 is 1.15 bits per heavy atom. The Hall–Kier alpha value is -2.00. The van der Waals surface area contributed by atoms with E-state index in [0.29, 0.717) is 6.61 Å². The first-order valence-electron chi connectivity index (χ1n) is 6.80. The van der Waals surface area contributed by atoms with Crippen molar-refractivity contribution in [3.8, 4) is 11.5 Å². The Kier molecular flexibility index (Phi) is 3.88. The summed E-state index contributed by atoms with van der Waals surface area (Å²) in [5.74, 6) is 1.76. The summed E-state index contributed by atoms with van der Waals surface area (Å²) in [6.07, 6.45) is 1.10. The molecule has 3 rings (SSSR count). The third kappa shape index (κ3) is 3.31. The minimum Gasteiger partial charge on any atom is -0.497 e. The van der Waals surface area contributed by atoms with E-state index in [4.69, 9.17) is 14.2 Å². The molecule has 0 amide bonds. The Bertz CT molecular complexity index is 562. The molecule has 0 spiro atoms. The van der Waals surface area contributed by atoms with Gasteiger partial charge in [-0.3, -0.25) is 0 Å². The van der Waals surface area contributed by atoms with Gasteiger partial charge in [0.1, 0.15) is 24.2 Å². The van der Waals surface area contributed by atoms with E-state index in [-0.39, 0.29) is 6.10 Å². The smallest absolute Gasteiger partial charge is 0.123 e. The van der Waals surface area contributed by atoms with Gasteiger partial charge in [0.25, 0.3) is 0 Å². The zero-order chi connectivity index (χ0) is 13.8. The van der Waals surface area contributed by atoms with Gasteiger partial charge in [0.05, 0.1) is 13.7 Å². The van der Waals surface area contributed by atoms with Crippen LogP contribution < -0.4 is 9.47 Å². The minimum absolute atomic E-state index is 0.265. The number of ether oxygens (including phenoxy) is 3. The Labute approximate surface area is 119 Å². The first kappa shape index (κ1) is 13.0. The maximum atomic E-state index is 5.85. The summed E-state index contributed by atoms with van der Waals surface area (Å²) in [4.78, 5) is 0. The molecule has 0 N–H and O–H groups in total. The van der Waals surface area contributed by atoms with Crippen LogP contribution in [0, 0.1) is 0 Å². The molecule has 3 heteroatoms. The summed E-state index contributed by atoms with van der Waals surface area (Å²) in [5, 5.41) is 0. The molecule has 104 valence electrons. The van der Waals surface area contributed by atoms with E-state index in [1.807, 2.05) is 36.4 Å². The Balaban J connectivity index is 1.80.